The molecule has 0 aromatic heterocycles. The Labute approximate surface area is 185 Å². The number of hydrogen-bond acceptors (Lipinski definition) is 4. The molecule has 0 saturated heterocycles. The third-order valence-corrected chi connectivity index (χ3v) is 5.79. The lowest BCUT2D eigenvalue weighted by Crippen LogP contribution is -2.38. The van der Waals surface area contributed by atoms with Gasteiger partial charge in [0.25, 0.3) is 0 Å². The number of hydrogen-bond donors (Lipinski definition) is 3. The average molecular weight is 428 g/mol. The Morgan fingerprint density at radius 2 is 1.60 bits per heavy atom. The van der Waals surface area contributed by atoms with Crippen molar-refractivity contribution in [2.45, 2.75) is 111 Å². The molecule has 0 radical (unpaired) electrons. The van der Waals surface area contributed by atoms with E-state index in [0.29, 0.717) is 13.0 Å². The van der Waals surface area contributed by atoms with Gasteiger partial charge < -0.3 is 21.0 Å². The van der Waals surface area contributed by atoms with Crippen molar-refractivity contribution in [1.82, 2.24) is 5.32 Å². The SMILES string of the molecule is CC.CCC(C(=O)NCCCCCCCCCCOCC1CCCCC1)/C(N)=N/O. The number of nitrogens with zero attached hydrogens (tertiary/aromatic N) is 1. The third kappa shape index (κ3) is 14.6. The molecule has 178 valence electrons. The summed E-state index contributed by atoms with van der Waals surface area (Å²) in [6.07, 6.45) is 17.1. The Kier molecular flexibility index (Phi) is 20.0. The minimum atomic E-state index is -0.531. The third-order valence-electron chi connectivity index (χ3n) is 5.79. The van der Waals surface area contributed by atoms with Crippen LogP contribution in [-0.2, 0) is 9.53 Å². The van der Waals surface area contributed by atoms with Crippen LogP contribution in [0.3, 0.4) is 0 Å². The van der Waals surface area contributed by atoms with Gasteiger partial charge in [-0.1, -0.05) is 83.7 Å². The summed E-state index contributed by atoms with van der Waals surface area (Å²) in [5.74, 6) is 0.131. The van der Waals surface area contributed by atoms with E-state index >= 15 is 0 Å². The van der Waals surface area contributed by atoms with Gasteiger partial charge in [-0.3, -0.25) is 4.79 Å². The van der Waals surface area contributed by atoms with Crippen LogP contribution >= 0.6 is 0 Å². The molecule has 0 spiro atoms. The summed E-state index contributed by atoms with van der Waals surface area (Å²) in [5, 5.41) is 14.5. The average Bonchev–Trinajstić information content (AvgIpc) is 2.79. The zero-order valence-corrected chi connectivity index (χ0v) is 20.0. The second-order valence-electron chi connectivity index (χ2n) is 8.18. The van der Waals surface area contributed by atoms with Crippen LogP contribution in [0.4, 0.5) is 0 Å². The Bertz CT molecular complexity index is 424. The Balaban J connectivity index is 0.00000407. The first-order chi connectivity index (χ1) is 14.7. The minimum absolute atomic E-state index is 0.0145. The van der Waals surface area contributed by atoms with E-state index in [0.717, 1.165) is 32.0 Å². The smallest absolute Gasteiger partial charge is 0.230 e. The maximum absolute atomic E-state index is 12.0. The van der Waals surface area contributed by atoms with Crippen molar-refractivity contribution in [2.75, 3.05) is 19.8 Å². The number of nitrogens with two attached hydrogens (primary N) is 1. The highest BCUT2D eigenvalue weighted by Gasteiger charge is 2.20. The van der Waals surface area contributed by atoms with Gasteiger partial charge in [-0.15, -0.1) is 0 Å². The van der Waals surface area contributed by atoms with Crippen molar-refractivity contribution in [3.8, 4) is 0 Å². The number of ether oxygens (including phenoxy) is 1. The summed E-state index contributed by atoms with van der Waals surface area (Å²) in [5.41, 5.74) is 5.53. The zero-order chi connectivity index (χ0) is 22.5. The predicted molar refractivity (Wildman–Crippen MR) is 126 cm³/mol. The largest absolute Gasteiger partial charge is 0.409 e. The quantitative estimate of drug-likeness (QED) is 0.0979. The fraction of sp³-hybridized carbons (Fsp3) is 0.917. The van der Waals surface area contributed by atoms with Crippen LogP contribution in [0.5, 0.6) is 0 Å². The molecule has 1 fully saturated rings. The number of rotatable bonds is 16. The second-order valence-corrected chi connectivity index (χ2v) is 8.18. The van der Waals surface area contributed by atoms with Crippen molar-refractivity contribution in [1.29, 1.82) is 0 Å². The standard InChI is InChI=1S/C22H43N3O3.C2H6/c1-2-20(21(23)25-27)22(26)24-16-12-7-5-3-4-6-8-13-17-28-18-19-14-10-9-11-15-19;1-2/h19-20,27H,2-18H2,1H3,(H2,23,25)(H,24,26);1-2H3. The highest BCUT2D eigenvalue weighted by Crippen LogP contribution is 2.23. The van der Waals surface area contributed by atoms with E-state index in [4.69, 9.17) is 15.7 Å². The van der Waals surface area contributed by atoms with Crippen LogP contribution in [0.25, 0.3) is 0 Å². The monoisotopic (exact) mass is 427 g/mol. The molecule has 0 bridgehead atoms. The topological polar surface area (TPSA) is 96.9 Å². The summed E-state index contributed by atoms with van der Waals surface area (Å²) < 4.78 is 5.85. The number of unbranched alkanes of at least 4 members (excludes halogenated alkanes) is 7. The molecule has 1 unspecified atom stereocenters. The molecule has 1 aliphatic rings. The Morgan fingerprint density at radius 1 is 1.03 bits per heavy atom. The molecule has 0 aliphatic heterocycles. The van der Waals surface area contributed by atoms with E-state index < -0.39 is 5.92 Å². The lowest BCUT2D eigenvalue weighted by molar-refractivity contribution is -0.123. The molecule has 6 nitrogen and oxygen atoms in total. The molecule has 1 atom stereocenters. The molecule has 30 heavy (non-hydrogen) atoms. The van der Waals surface area contributed by atoms with E-state index in [9.17, 15) is 4.79 Å². The van der Waals surface area contributed by atoms with Crippen LogP contribution in [0.2, 0.25) is 0 Å². The lowest BCUT2D eigenvalue weighted by atomic mass is 9.90. The van der Waals surface area contributed by atoms with Crippen molar-refractivity contribution in [2.24, 2.45) is 22.7 Å². The maximum atomic E-state index is 12.0. The molecule has 1 saturated carbocycles. The van der Waals surface area contributed by atoms with E-state index in [2.05, 4.69) is 10.5 Å². The van der Waals surface area contributed by atoms with Gasteiger partial charge in [0, 0.05) is 19.8 Å². The van der Waals surface area contributed by atoms with Crippen LogP contribution < -0.4 is 11.1 Å². The van der Waals surface area contributed by atoms with Gasteiger partial charge in [0.1, 0.15) is 0 Å². The van der Waals surface area contributed by atoms with Crippen molar-refractivity contribution in [3.63, 3.8) is 0 Å². The predicted octanol–water partition coefficient (Wildman–Crippen LogP) is 5.62. The van der Waals surface area contributed by atoms with Crippen molar-refractivity contribution in [3.05, 3.63) is 0 Å². The summed E-state index contributed by atoms with van der Waals surface area (Å²) in [6.45, 7) is 8.42. The summed E-state index contributed by atoms with van der Waals surface area (Å²) in [6, 6.07) is 0. The van der Waals surface area contributed by atoms with Crippen LogP contribution in [0.15, 0.2) is 5.16 Å². The van der Waals surface area contributed by atoms with Crippen molar-refractivity contribution >= 4 is 11.7 Å². The molecular weight excluding hydrogens is 378 g/mol. The Hall–Kier alpha value is -1.30. The van der Waals surface area contributed by atoms with Crippen LogP contribution in [0.1, 0.15) is 111 Å². The van der Waals surface area contributed by atoms with Gasteiger partial charge in [0.15, 0.2) is 5.84 Å². The number of amidine groups is 1. The van der Waals surface area contributed by atoms with Gasteiger partial charge in [0.05, 0.1) is 5.92 Å². The van der Waals surface area contributed by atoms with E-state index in [1.54, 1.807) is 0 Å². The van der Waals surface area contributed by atoms with Gasteiger partial charge >= 0.3 is 0 Å². The normalized spacial score (nSPS) is 15.9. The molecule has 0 heterocycles. The molecule has 1 amide bonds. The number of carbonyl (C=O) groups is 1. The highest BCUT2D eigenvalue weighted by atomic mass is 16.5. The molecule has 1 aliphatic carbocycles. The fourth-order valence-electron chi connectivity index (χ4n) is 3.93. The van der Waals surface area contributed by atoms with E-state index in [1.807, 2.05) is 20.8 Å². The highest BCUT2D eigenvalue weighted by molar-refractivity contribution is 6.01. The number of carbonyl (C=O) groups excluding carboxylic acids is 1. The van der Waals surface area contributed by atoms with E-state index in [1.165, 1.54) is 70.6 Å². The number of amides is 1. The molecule has 0 aromatic rings. The van der Waals surface area contributed by atoms with E-state index in [-0.39, 0.29) is 11.7 Å². The van der Waals surface area contributed by atoms with Crippen LogP contribution in [-0.4, -0.2) is 36.7 Å². The molecule has 1 rings (SSSR count). The fourth-order valence-corrected chi connectivity index (χ4v) is 3.93. The first kappa shape index (κ1) is 28.7. The molecule has 0 aromatic carbocycles. The Morgan fingerprint density at radius 3 is 2.17 bits per heavy atom. The second kappa shape index (κ2) is 21.0. The first-order valence-electron chi connectivity index (χ1n) is 12.5. The van der Waals surface area contributed by atoms with Gasteiger partial charge in [-0.05, 0) is 38.0 Å². The summed E-state index contributed by atoms with van der Waals surface area (Å²) in [7, 11) is 0. The van der Waals surface area contributed by atoms with Crippen molar-refractivity contribution < 1.29 is 14.7 Å². The zero-order valence-electron chi connectivity index (χ0n) is 20.0. The first-order valence-corrected chi connectivity index (χ1v) is 12.5. The number of oxime groups is 1. The van der Waals surface area contributed by atoms with Gasteiger partial charge in [-0.2, -0.15) is 0 Å². The molecular formula is C24H49N3O3. The molecule has 6 heteroatoms. The maximum Gasteiger partial charge on any atom is 0.230 e. The minimum Gasteiger partial charge on any atom is -0.409 e. The molecule has 4 N–H and O–H groups in total. The lowest BCUT2D eigenvalue weighted by Gasteiger charge is -2.21. The van der Waals surface area contributed by atoms with Crippen LogP contribution in [0, 0.1) is 11.8 Å². The van der Waals surface area contributed by atoms with Gasteiger partial charge in [-0.25, -0.2) is 0 Å². The van der Waals surface area contributed by atoms with Gasteiger partial charge in [0.2, 0.25) is 5.91 Å². The number of nitrogens with one attached hydrogen (secondary N) is 1. The summed E-state index contributed by atoms with van der Waals surface area (Å²) in [4.78, 5) is 12.0. The summed E-state index contributed by atoms with van der Waals surface area (Å²) >= 11 is 0.